The highest BCUT2D eigenvalue weighted by Gasteiger charge is 2.53. The average Bonchev–Trinajstić information content (AvgIpc) is 2.50. The Hall–Kier alpha value is -1.93. The van der Waals surface area contributed by atoms with Gasteiger partial charge in [-0.2, -0.15) is 0 Å². The molecule has 1 N–H and O–H groups in total. The van der Waals surface area contributed by atoms with Crippen molar-refractivity contribution in [2.24, 2.45) is 5.41 Å². The van der Waals surface area contributed by atoms with Gasteiger partial charge >= 0.3 is 0 Å². The zero-order valence-electron chi connectivity index (χ0n) is 15.5. The van der Waals surface area contributed by atoms with Crippen molar-refractivity contribution in [3.63, 3.8) is 0 Å². The van der Waals surface area contributed by atoms with Crippen LogP contribution in [0.4, 0.5) is 5.82 Å². The third-order valence-electron chi connectivity index (χ3n) is 6.12. The van der Waals surface area contributed by atoms with Crippen LogP contribution in [-0.4, -0.2) is 82.3 Å². The summed E-state index contributed by atoms with van der Waals surface area (Å²) in [4.78, 5) is 34.4. The monoisotopic (exact) mass is 361 g/mol. The minimum Gasteiger partial charge on any atom is -0.388 e. The molecule has 26 heavy (non-hydrogen) atoms. The lowest BCUT2D eigenvalue weighted by Gasteiger charge is -2.60. The summed E-state index contributed by atoms with van der Waals surface area (Å²) in [6, 6.07) is 1.56. The number of anilines is 1. The van der Waals surface area contributed by atoms with Gasteiger partial charge in [-0.05, 0) is 19.9 Å². The molecule has 1 amide bonds. The lowest BCUT2D eigenvalue weighted by molar-refractivity contribution is -0.142. The van der Waals surface area contributed by atoms with Crippen LogP contribution >= 0.6 is 0 Å². The molecular weight excluding hydrogens is 334 g/mol. The second-order valence-electron chi connectivity index (χ2n) is 8.47. The molecule has 0 aromatic carbocycles. The van der Waals surface area contributed by atoms with Gasteiger partial charge in [0.2, 0.25) is 5.91 Å². The maximum atomic E-state index is 12.5. The first kappa shape index (κ1) is 17.5. The van der Waals surface area contributed by atoms with Gasteiger partial charge in [0.1, 0.15) is 5.82 Å². The van der Waals surface area contributed by atoms with Gasteiger partial charge in [0, 0.05) is 57.7 Å². The number of hydrogen-bond acceptors (Lipinski definition) is 6. The summed E-state index contributed by atoms with van der Waals surface area (Å²) in [7, 11) is 2.04. The number of amides is 1. The van der Waals surface area contributed by atoms with Crippen molar-refractivity contribution in [3.8, 4) is 0 Å². The molecule has 0 bridgehead atoms. The largest absolute Gasteiger partial charge is 0.388 e. The van der Waals surface area contributed by atoms with Gasteiger partial charge in [-0.25, -0.2) is 4.98 Å². The second-order valence-corrected chi connectivity index (χ2v) is 8.47. The lowest BCUT2D eigenvalue weighted by atomic mass is 9.73. The summed E-state index contributed by atoms with van der Waals surface area (Å²) in [5, 5.41) is 10.7. The molecule has 1 spiro atoms. The first-order valence-corrected chi connectivity index (χ1v) is 9.26. The summed E-state index contributed by atoms with van der Waals surface area (Å²) < 4.78 is 1.52. The number of hydrogen-bond donors (Lipinski definition) is 1. The average molecular weight is 361 g/mol. The molecule has 8 nitrogen and oxygen atoms in total. The minimum absolute atomic E-state index is 0.123. The summed E-state index contributed by atoms with van der Waals surface area (Å²) in [5.41, 5.74) is -0.768. The number of aliphatic hydroxyl groups is 1. The van der Waals surface area contributed by atoms with E-state index in [1.165, 1.54) is 4.57 Å². The van der Waals surface area contributed by atoms with E-state index in [9.17, 15) is 14.7 Å². The maximum absolute atomic E-state index is 12.5. The summed E-state index contributed by atoms with van der Waals surface area (Å²) in [5.74, 6) is 0.815. The van der Waals surface area contributed by atoms with Gasteiger partial charge in [-0.15, -0.1) is 0 Å². The predicted molar refractivity (Wildman–Crippen MR) is 97.1 cm³/mol. The van der Waals surface area contributed by atoms with Gasteiger partial charge in [0.15, 0.2) is 0 Å². The van der Waals surface area contributed by atoms with E-state index in [0.717, 1.165) is 39.3 Å². The predicted octanol–water partition coefficient (Wildman–Crippen LogP) is -0.631. The Morgan fingerprint density at radius 2 is 1.88 bits per heavy atom. The highest BCUT2D eigenvalue weighted by atomic mass is 16.3. The van der Waals surface area contributed by atoms with E-state index < -0.39 is 5.60 Å². The van der Waals surface area contributed by atoms with Crippen molar-refractivity contribution < 1.29 is 9.90 Å². The van der Waals surface area contributed by atoms with Crippen LogP contribution in [0.5, 0.6) is 0 Å². The van der Waals surface area contributed by atoms with Crippen LogP contribution in [0.25, 0.3) is 0 Å². The summed E-state index contributed by atoms with van der Waals surface area (Å²) in [6.45, 7) is 6.85. The van der Waals surface area contributed by atoms with E-state index in [2.05, 4.69) is 14.8 Å². The molecule has 0 unspecified atom stereocenters. The Morgan fingerprint density at radius 3 is 2.46 bits per heavy atom. The van der Waals surface area contributed by atoms with E-state index in [0.29, 0.717) is 25.2 Å². The molecule has 3 saturated heterocycles. The molecule has 4 rings (SSSR count). The fraction of sp³-hybridized carbons (Fsp3) is 0.722. The number of carbonyl (C=O) groups is 1. The van der Waals surface area contributed by atoms with Gasteiger partial charge in [-0.3, -0.25) is 14.2 Å². The van der Waals surface area contributed by atoms with Gasteiger partial charge < -0.3 is 19.8 Å². The highest BCUT2D eigenvalue weighted by molar-refractivity contribution is 5.74. The number of carbonyl (C=O) groups excluding carboxylic acids is 1. The Kier molecular flexibility index (Phi) is 4.07. The second kappa shape index (κ2) is 6.06. The maximum Gasteiger partial charge on any atom is 0.255 e. The summed E-state index contributed by atoms with van der Waals surface area (Å²) >= 11 is 0. The van der Waals surface area contributed by atoms with Crippen molar-refractivity contribution in [1.29, 1.82) is 0 Å². The lowest BCUT2D eigenvalue weighted by Crippen LogP contribution is -2.73. The molecule has 1 aromatic heterocycles. The normalized spacial score (nSPS) is 24.3. The number of piperidine rings is 1. The molecule has 0 aliphatic carbocycles. The minimum atomic E-state index is -0.831. The van der Waals surface area contributed by atoms with Crippen LogP contribution in [0, 0.1) is 5.41 Å². The zero-order chi connectivity index (χ0) is 18.5. The van der Waals surface area contributed by atoms with E-state index >= 15 is 0 Å². The number of aromatic nitrogens is 2. The molecule has 142 valence electrons. The Balaban J connectivity index is 1.37. The first-order chi connectivity index (χ1) is 12.3. The van der Waals surface area contributed by atoms with Crippen molar-refractivity contribution in [2.45, 2.75) is 31.9 Å². The SMILES string of the molecule is CC(=O)N1CC2(C1)CN(c1cc(=O)n(CC3(O)CCN(C)CC3)cn1)C2. The summed E-state index contributed by atoms with van der Waals surface area (Å²) in [6.07, 6.45) is 2.89. The van der Waals surface area contributed by atoms with E-state index in [1.807, 2.05) is 11.9 Å². The molecule has 3 aliphatic rings. The topological polar surface area (TPSA) is 81.9 Å². The van der Waals surface area contributed by atoms with Crippen molar-refractivity contribution in [3.05, 3.63) is 22.7 Å². The van der Waals surface area contributed by atoms with Crippen molar-refractivity contribution in [1.82, 2.24) is 19.4 Å². The number of likely N-dealkylation sites (tertiary alicyclic amines) is 2. The van der Waals surface area contributed by atoms with Crippen molar-refractivity contribution >= 4 is 11.7 Å². The quantitative estimate of drug-likeness (QED) is 0.772. The zero-order valence-corrected chi connectivity index (χ0v) is 15.5. The van der Waals surface area contributed by atoms with Gasteiger partial charge in [0.05, 0.1) is 18.5 Å². The molecule has 3 aliphatic heterocycles. The van der Waals surface area contributed by atoms with E-state index in [-0.39, 0.29) is 16.9 Å². The molecule has 1 aromatic rings. The van der Waals surface area contributed by atoms with Gasteiger partial charge in [0.25, 0.3) is 5.56 Å². The molecule has 3 fully saturated rings. The molecular formula is C18H27N5O3. The third-order valence-corrected chi connectivity index (χ3v) is 6.12. The van der Waals surface area contributed by atoms with Crippen LogP contribution in [-0.2, 0) is 11.3 Å². The van der Waals surface area contributed by atoms with Crippen LogP contribution in [0.3, 0.4) is 0 Å². The molecule has 0 saturated carbocycles. The van der Waals surface area contributed by atoms with Crippen molar-refractivity contribution in [2.75, 3.05) is 51.2 Å². The van der Waals surface area contributed by atoms with Gasteiger partial charge in [-0.1, -0.05) is 0 Å². The Labute approximate surface area is 153 Å². The standard InChI is InChI=1S/C18H27N5O3/c1-14(24)21-8-17(9-21)10-22(11-17)15-7-16(25)23(13-19-15)12-18(26)3-5-20(2)6-4-18/h7,13,26H,3-6,8-12H2,1-2H3. The van der Waals surface area contributed by atoms with Crippen LogP contribution in [0.1, 0.15) is 19.8 Å². The molecule has 0 radical (unpaired) electrons. The smallest absolute Gasteiger partial charge is 0.255 e. The highest BCUT2D eigenvalue weighted by Crippen LogP contribution is 2.41. The Bertz CT molecular complexity index is 754. The number of nitrogens with zero attached hydrogens (tertiary/aromatic N) is 5. The fourth-order valence-electron chi connectivity index (χ4n) is 4.33. The van der Waals surface area contributed by atoms with Crippen LogP contribution < -0.4 is 10.5 Å². The molecule has 8 heteroatoms. The molecule has 0 atom stereocenters. The number of rotatable bonds is 3. The van der Waals surface area contributed by atoms with E-state index in [4.69, 9.17) is 0 Å². The van der Waals surface area contributed by atoms with E-state index in [1.54, 1.807) is 19.3 Å². The van der Waals surface area contributed by atoms with Crippen LogP contribution in [0.15, 0.2) is 17.2 Å². The third kappa shape index (κ3) is 3.12. The first-order valence-electron chi connectivity index (χ1n) is 9.26. The fourth-order valence-corrected chi connectivity index (χ4v) is 4.33. The van der Waals surface area contributed by atoms with Crippen LogP contribution in [0.2, 0.25) is 0 Å². The molecule has 4 heterocycles. The Morgan fingerprint density at radius 1 is 1.23 bits per heavy atom.